The van der Waals surface area contributed by atoms with E-state index in [-0.39, 0.29) is 29.3 Å². The third-order valence-corrected chi connectivity index (χ3v) is 7.68. The highest BCUT2D eigenvalue weighted by Crippen LogP contribution is 2.27. The van der Waals surface area contributed by atoms with Crippen LogP contribution in [-0.4, -0.2) is 57.4 Å². The lowest BCUT2D eigenvalue weighted by Crippen LogP contribution is -2.40. The third kappa shape index (κ3) is 4.57. The molecule has 2 heterocycles. The van der Waals surface area contributed by atoms with Crippen LogP contribution in [0.1, 0.15) is 20.9 Å². The van der Waals surface area contributed by atoms with Gasteiger partial charge in [0.25, 0.3) is 0 Å². The van der Waals surface area contributed by atoms with E-state index < -0.39 is 28.4 Å². The molecule has 0 radical (unpaired) electrons. The summed E-state index contributed by atoms with van der Waals surface area (Å²) in [6.07, 6.45) is 0. The molecule has 8 nitrogen and oxygen atoms in total. The monoisotopic (exact) mass is 507 g/mol. The number of carbonyl (C=O) groups excluding carboxylic acids is 2. The molecule has 2 aromatic carbocycles. The lowest BCUT2D eigenvalue weighted by Gasteiger charge is -2.26. The van der Waals surface area contributed by atoms with Crippen molar-refractivity contribution in [3.63, 3.8) is 0 Å². The molecule has 0 aliphatic carbocycles. The molecule has 0 amide bonds. The lowest BCUT2D eigenvalue weighted by atomic mass is 10.2. The summed E-state index contributed by atoms with van der Waals surface area (Å²) >= 11 is 3.24. The standard InChI is InChI=1S/C21H18BrNO7S/c22-16-6-5-15(12-20(16)31(26,27)23-7-9-28-10-8-23)21(25)29-13-17(24)19-11-14-3-1-2-4-18(14)30-19/h1-6,11-12H,7-10,13H2. The molecule has 0 atom stereocenters. The zero-order chi connectivity index (χ0) is 22.0. The van der Waals surface area contributed by atoms with Crippen molar-refractivity contribution in [2.45, 2.75) is 4.90 Å². The van der Waals surface area contributed by atoms with Crippen LogP contribution in [0.4, 0.5) is 0 Å². The first kappa shape index (κ1) is 21.7. The molecule has 1 aliphatic heterocycles. The second kappa shape index (κ2) is 8.91. The SMILES string of the molecule is O=C(OCC(=O)c1cc2ccccc2o1)c1ccc(Br)c(S(=O)(=O)N2CCOCC2)c1. The highest BCUT2D eigenvalue weighted by atomic mass is 79.9. The number of furan rings is 1. The van der Waals surface area contributed by atoms with Gasteiger partial charge >= 0.3 is 5.97 Å². The number of benzene rings is 2. The number of ketones is 1. The third-order valence-electron chi connectivity index (χ3n) is 4.79. The molecule has 1 aliphatic rings. The minimum atomic E-state index is -3.82. The largest absolute Gasteiger partial charge is 0.454 e. The maximum atomic E-state index is 12.9. The van der Waals surface area contributed by atoms with E-state index >= 15 is 0 Å². The molecule has 0 saturated carbocycles. The number of fused-ring (bicyclic) bond motifs is 1. The minimum Gasteiger partial charge on any atom is -0.454 e. The number of esters is 1. The fourth-order valence-corrected chi connectivity index (χ4v) is 5.52. The number of para-hydroxylation sites is 1. The summed E-state index contributed by atoms with van der Waals surface area (Å²) in [5.74, 6) is -1.22. The van der Waals surface area contributed by atoms with E-state index in [1.54, 1.807) is 24.3 Å². The molecule has 3 aromatic rings. The summed E-state index contributed by atoms with van der Waals surface area (Å²) in [7, 11) is -3.82. The number of rotatable bonds is 6. The molecule has 0 bridgehead atoms. The number of morpholine rings is 1. The van der Waals surface area contributed by atoms with E-state index in [0.717, 1.165) is 5.39 Å². The zero-order valence-electron chi connectivity index (χ0n) is 16.2. The quantitative estimate of drug-likeness (QED) is 0.372. The smallest absolute Gasteiger partial charge is 0.338 e. The van der Waals surface area contributed by atoms with Gasteiger partial charge in [-0.1, -0.05) is 18.2 Å². The Bertz CT molecular complexity index is 1210. The molecular formula is C21H18BrNO7S. The second-order valence-corrected chi connectivity index (χ2v) is 9.57. The van der Waals surface area contributed by atoms with Crippen LogP contribution in [0.5, 0.6) is 0 Å². The number of Topliss-reactive ketones (excluding diaryl/α,β-unsaturated/α-hetero) is 1. The van der Waals surface area contributed by atoms with Gasteiger partial charge in [0, 0.05) is 22.9 Å². The first-order valence-corrected chi connectivity index (χ1v) is 11.7. The van der Waals surface area contributed by atoms with Crippen LogP contribution in [0.15, 0.2) is 62.3 Å². The molecule has 4 rings (SSSR count). The molecule has 1 saturated heterocycles. The molecular weight excluding hydrogens is 490 g/mol. The van der Waals surface area contributed by atoms with Crippen LogP contribution in [0, 0.1) is 0 Å². The molecule has 0 spiro atoms. The van der Waals surface area contributed by atoms with Crippen molar-refractivity contribution in [2.75, 3.05) is 32.9 Å². The highest BCUT2D eigenvalue weighted by Gasteiger charge is 2.29. The number of sulfonamides is 1. The Morgan fingerprint density at radius 1 is 1.06 bits per heavy atom. The van der Waals surface area contributed by atoms with Gasteiger partial charge in [-0.2, -0.15) is 4.31 Å². The van der Waals surface area contributed by atoms with Gasteiger partial charge in [0.2, 0.25) is 15.8 Å². The Labute approximate surface area is 186 Å². The molecule has 162 valence electrons. The molecule has 31 heavy (non-hydrogen) atoms. The van der Waals surface area contributed by atoms with E-state index in [9.17, 15) is 18.0 Å². The Morgan fingerprint density at radius 3 is 2.55 bits per heavy atom. The number of halogens is 1. The van der Waals surface area contributed by atoms with Crippen LogP contribution >= 0.6 is 15.9 Å². The summed E-state index contributed by atoms with van der Waals surface area (Å²) < 4.78 is 43.3. The Hall–Kier alpha value is -2.53. The van der Waals surface area contributed by atoms with Gasteiger partial charge in [-0.15, -0.1) is 0 Å². The molecule has 0 unspecified atom stereocenters. The number of nitrogens with zero attached hydrogens (tertiary/aromatic N) is 1. The highest BCUT2D eigenvalue weighted by molar-refractivity contribution is 9.10. The molecule has 0 N–H and O–H groups in total. The average Bonchev–Trinajstić information content (AvgIpc) is 3.22. The van der Waals surface area contributed by atoms with Crippen LogP contribution in [0.2, 0.25) is 0 Å². The number of carbonyl (C=O) groups is 2. The summed E-state index contributed by atoms with van der Waals surface area (Å²) in [5, 5.41) is 0.767. The van der Waals surface area contributed by atoms with Crippen molar-refractivity contribution < 1.29 is 31.9 Å². The minimum absolute atomic E-state index is 0.0208. The van der Waals surface area contributed by atoms with Crippen molar-refractivity contribution in [1.29, 1.82) is 0 Å². The van der Waals surface area contributed by atoms with Crippen molar-refractivity contribution in [2.24, 2.45) is 0 Å². The molecule has 10 heteroatoms. The van der Waals surface area contributed by atoms with Crippen LogP contribution in [-0.2, 0) is 19.5 Å². The van der Waals surface area contributed by atoms with Gasteiger partial charge in [0.1, 0.15) is 5.58 Å². The van der Waals surface area contributed by atoms with E-state index in [1.165, 1.54) is 22.5 Å². The van der Waals surface area contributed by atoms with Gasteiger partial charge in [-0.3, -0.25) is 4.79 Å². The van der Waals surface area contributed by atoms with E-state index in [1.807, 2.05) is 6.07 Å². The van der Waals surface area contributed by atoms with Gasteiger partial charge < -0.3 is 13.9 Å². The molecule has 1 fully saturated rings. The summed E-state index contributed by atoms with van der Waals surface area (Å²) in [5.41, 5.74) is 0.579. The Balaban J connectivity index is 1.48. The second-order valence-electron chi connectivity index (χ2n) is 6.81. The molecule has 1 aromatic heterocycles. The number of ether oxygens (including phenoxy) is 2. The van der Waals surface area contributed by atoms with Gasteiger partial charge in [0.05, 0.1) is 23.7 Å². The maximum absolute atomic E-state index is 12.9. The predicted octanol–water partition coefficient (Wildman–Crippen LogP) is 3.26. The topological polar surface area (TPSA) is 103 Å². The van der Waals surface area contributed by atoms with Gasteiger partial charge in [-0.25, -0.2) is 13.2 Å². The van der Waals surface area contributed by atoms with Crippen molar-refractivity contribution in [3.05, 3.63) is 64.3 Å². The first-order valence-electron chi connectivity index (χ1n) is 9.42. The van der Waals surface area contributed by atoms with E-state index in [2.05, 4.69) is 15.9 Å². The fourth-order valence-electron chi connectivity index (χ4n) is 3.16. The van der Waals surface area contributed by atoms with E-state index in [4.69, 9.17) is 13.9 Å². The van der Waals surface area contributed by atoms with Crippen LogP contribution < -0.4 is 0 Å². The van der Waals surface area contributed by atoms with Crippen molar-refractivity contribution >= 4 is 48.7 Å². The summed E-state index contributed by atoms with van der Waals surface area (Å²) in [4.78, 5) is 24.8. The lowest BCUT2D eigenvalue weighted by molar-refractivity contribution is 0.0468. The van der Waals surface area contributed by atoms with Gasteiger partial charge in [-0.05, 0) is 46.3 Å². The summed E-state index contributed by atoms with van der Waals surface area (Å²) in [6, 6.07) is 12.9. The number of hydrogen-bond acceptors (Lipinski definition) is 7. The van der Waals surface area contributed by atoms with E-state index in [0.29, 0.717) is 23.3 Å². The van der Waals surface area contributed by atoms with Crippen molar-refractivity contribution in [3.8, 4) is 0 Å². The zero-order valence-corrected chi connectivity index (χ0v) is 18.6. The van der Waals surface area contributed by atoms with Crippen molar-refractivity contribution in [1.82, 2.24) is 4.31 Å². The predicted molar refractivity (Wildman–Crippen MR) is 115 cm³/mol. The van der Waals surface area contributed by atoms with Gasteiger partial charge in [0.15, 0.2) is 12.4 Å². The Morgan fingerprint density at radius 2 is 1.81 bits per heavy atom. The first-order chi connectivity index (χ1) is 14.9. The average molecular weight is 508 g/mol. The summed E-state index contributed by atoms with van der Waals surface area (Å²) in [6.45, 7) is 0.552. The normalized spacial score (nSPS) is 15.1. The number of hydrogen-bond donors (Lipinski definition) is 0. The Kier molecular flexibility index (Phi) is 6.24. The van der Waals surface area contributed by atoms with Crippen LogP contribution in [0.25, 0.3) is 11.0 Å². The van der Waals surface area contributed by atoms with Crippen LogP contribution in [0.3, 0.4) is 0 Å². The fraction of sp³-hybridized carbons (Fsp3) is 0.238. The maximum Gasteiger partial charge on any atom is 0.338 e.